The van der Waals surface area contributed by atoms with Gasteiger partial charge in [-0.25, -0.2) is 13.8 Å². The van der Waals surface area contributed by atoms with Crippen LogP contribution in [0.2, 0.25) is 5.02 Å². The Morgan fingerprint density at radius 1 is 0.865 bits per heavy atom. The van der Waals surface area contributed by atoms with Crippen LogP contribution in [-0.4, -0.2) is 31.4 Å². The number of hydrazone groups is 1. The first-order chi connectivity index (χ1) is 17.9. The maximum absolute atomic E-state index is 13.3. The molecule has 0 unspecified atom stereocenters. The van der Waals surface area contributed by atoms with Gasteiger partial charge in [-0.15, -0.1) is 0 Å². The van der Waals surface area contributed by atoms with E-state index in [4.69, 9.17) is 16.3 Å². The van der Waals surface area contributed by atoms with Crippen LogP contribution in [0.4, 0.5) is 0 Å². The average molecular weight is 534 g/mol. The van der Waals surface area contributed by atoms with Crippen LogP contribution in [0.1, 0.15) is 11.1 Å². The summed E-state index contributed by atoms with van der Waals surface area (Å²) in [6, 6.07) is 31.3. The van der Waals surface area contributed by atoms with Gasteiger partial charge in [-0.2, -0.15) is 9.41 Å². The monoisotopic (exact) mass is 533 g/mol. The van der Waals surface area contributed by atoms with E-state index in [1.54, 1.807) is 54.6 Å². The highest BCUT2D eigenvalue weighted by atomic mass is 35.5. The van der Waals surface area contributed by atoms with Crippen LogP contribution in [0.15, 0.2) is 119 Å². The average Bonchev–Trinajstić information content (AvgIpc) is 2.91. The fourth-order valence-corrected chi connectivity index (χ4v) is 4.95. The molecular formula is C28H24ClN3O4S. The van der Waals surface area contributed by atoms with Gasteiger partial charge in [0.2, 0.25) is 10.0 Å². The van der Waals surface area contributed by atoms with E-state index in [2.05, 4.69) is 10.5 Å². The number of hydrogen-bond donors (Lipinski definition) is 1. The topological polar surface area (TPSA) is 88.1 Å². The lowest BCUT2D eigenvalue weighted by Crippen LogP contribution is -2.39. The quantitative estimate of drug-likeness (QED) is 0.216. The molecule has 0 aliphatic carbocycles. The van der Waals surface area contributed by atoms with Gasteiger partial charge in [-0.3, -0.25) is 4.79 Å². The number of hydrogen-bond acceptors (Lipinski definition) is 5. The molecule has 0 heterocycles. The Balaban J connectivity index is 1.44. The third kappa shape index (κ3) is 7.50. The summed E-state index contributed by atoms with van der Waals surface area (Å²) in [5.41, 5.74) is 3.80. The molecule has 0 saturated carbocycles. The summed E-state index contributed by atoms with van der Waals surface area (Å²) in [6.45, 7) is -0.432. The molecule has 0 aliphatic heterocycles. The van der Waals surface area contributed by atoms with Crippen LogP contribution in [-0.2, 0) is 21.4 Å². The van der Waals surface area contributed by atoms with Crippen molar-refractivity contribution in [3.05, 3.63) is 125 Å². The van der Waals surface area contributed by atoms with E-state index in [9.17, 15) is 13.2 Å². The van der Waals surface area contributed by atoms with Crippen molar-refractivity contribution in [2.45, 2.75) is 11.4 Å². The fraction of sp³-hybridized carbons (Fsp3) is 0.0714. The minimum absolute atomic E-state index is 0.00952. The normalized spacial score (nSPS) is 11.5. The van der Waals surface area contributed by atoms with E-state index in [0.29, 0.717) is 27.6 Å². The van der Waals surface area contributed by atoms with Gasteiger partial charge < -0.3 is 4.74 Å². The maximum atomic E-state index is 13.3. The first-order valence-electron chi connectivity index (χ1n) is 11.3. The van der Waals surface area contributed by atoms with Gasteiger partial charge in [-0.1, -0.05) is 72.3 Å². The molecule has 0 saturated heterocycles. The predicted octanol–water partition coefficient (Wildman–Crippen LogP) is 5.47. The van der Waals surface area contributed by atoms with E-state index in [0.717, 1.165) is 4.31 Å². The number of nitrogens with one attached hydrogen (secondary N) is 1. The number of amides is 1. The Morgan fingerprint density at radius 3 is 2.22 bits per heavy atom. The van der Waals surface area contributed by atoms with Crippen molar-refractivity contribution < 1.29 is 17.9 Å². The van der Waals surface area contributed by atoms with Crippen LogP contribution in [0, 0.1) is 0 Å². The van der Waals surface area contributed by atoms with Gasteiger partial charge in [0.05, 0.1) is 17.7 Å². The second-order valence-electron chi connectivity index (χ2n) is 7.99. The predicted molar refractivity (Wildman–Crippen MR) is 144 cm³/mol. The third-order valence-corrected chi connectivity index (χ3v) is 7.27. The molecule has 0 atom stereocenters. The summed E-state index contributed by atoms with van der Waals surface area (Å²) in [7, 11) is -3.95. The highest BCUT2D eigenvalue weighted by Gasteiger charge is 2.26. The largest absolute Gasteiger partial charge is 0.457 e. The zero-order valence-electron chi connectivity index (χ0n) is 19.7. The van der Waals surface area contributed by atoms with E-state index < -0.39 is 22.5 Å². The highest BCUT2D eigenvalue weighted by Crippen LogP contribution is 2.22. The maximum Gasteiger partial charge on any atom is 0.255 e. The summed E-state index contributed by atoms with van der Waals surface area (Å²) < 4.78 is 33.5. The SMILES string of the molecule is O=C(CN(Cc1ccc(Cl)cc1)S(=O)(=O)c1ccccc1)N/N=C\c1cccc(Oc2ccccc2)c1. The Morgan fingerprint density at radius 2 is 1.51 bits per heavy atom. The van der Waals surface area contributed by atoms with E-state index >= 15 is 0 Å². The molecule has 0 bridgehead atoms. The zero-order chi connectivity index (χ0) is 26.1. The van der Waals surface area contributed by atoms with E-state index in [1.807, 2.05) is 42.5 Å². The molecule has 1 N–H and O–H groups in total. The summed E-state index contributed by atoms with van der Waals surface area (Å²) in [4.78, 5) is 12.8. The number of ether oxygens (including phenoxy) is 1. The van der Waals surface area contributed by atoms with Crippen molar-refractivity contribution in [1.82, 2.24) is 9.73 Å². The summed E-state index contributed by atoms with van der Waals surface area (Å²) in [5.74, 6) is 0.733. The zero-order valence-corrected chi connectivity index (χ0v) is 21.3. The molecule has 0 aromatic heterocycles. The van der Waals surface area contributed by atoms with Crippen molar-refractivity contribution in [2.75, 3.05) is 6.54 Å². The van der Waals surface area contributed by atoms with Gasteiger partial charge in [-0.05, 0) is 59.7 Å². The number of rotatable bonds is 10. The molecule has 0 radical (unpaired) electrons. The molecule has 0 spiro atoms. The Labute approximate surface area is 221 Å². The van der Waals surface area contributed by atoms with Crippen molar-refractivity contribution in [1.29, 1.82) is 0 Å². The summed E-state index contributed by atoms with van der Waals surface area (Å²) >= 11 is 5.96. The van der Waals surface area contributed by atoms with E-state index in [-0.39, 0.29) is 11.4 Å². The van der Waals surface area contributed by atoms with Crippen LogP contribution >= 0.6 is 11.6 Å². The van der Waals surface area contributed by atoms with Crippen LogP contribution in [0.3, 0.4) is 0 Å². The molecule has 4 aromatic rings. The fourth-order valence-electron chi connectivity index (χ4n) is 3.42. The van der Waals surface area contributed by atoms with Crippen molar-refractivity contribution >= 4 is 33.7 Å². The molecule has 7 nitrogen and oxygen atoms in total. The highest BCUT2D eigenvalue weighted by molar-refractivity contribution is 7.89. The van der Waals surface area contributed by atoms with Crippen LogP contribution in [0.25, 0.3) is 0 Å². The Hall–Kier alpha value is -3.98. The number of halogens is 1. The number of para-hydroxylation sites is 1. The lowest BCUT2D eigenvalue weighted by Gasteiger charge is -2.21. The van der Waals surface area contributed by atoms with Gasteiger partial charge in [0, 0.05) is 11.6 Å². The number of sulfonamides is 1. The van der Waals surface area contributed by atoms with Crippen molar-refractivity contribution in [3.8, 4) is 11.5 Å². The first-order valence-corrected chi connectivity index (χ1v) is 13.2. The van der Waals surface area contributed by atoms with Gasteiger partial charge in [0.1, 0.15) is 11.5 Å². The lowest BCUT2D eigenvalue weighted by atomic mass is 10.2. The molecule has 188 valence electrons. The standard InChI is InChI=1S/C28H24ClN3O4S/c29-24-16-14-22(15-17-24)20-32(37(34,35)27-12-5-2-6-13-27)21-28(33)31-30-19-23-8-7-11-26(18-23)36-25-9-3-1-4-10-25/h1-19H,20-21H2,(H,31,33)/b30-19-. The van der Waals surface area contributed by atoms with Gasteiger partial charge >= 0.3 is 0 Å². The first kappa shape index (κ1) is 26.1. The molecule has 0 fully saturated rings. The van der Waals surface area contributed by atoms with Gasteiger partial charge in [0.15, 0.2) is 0 Å². The summed E-state index contributed by atoms with van der Waals surface area (Å²) in [6.07, 6.45) is 1.46. The second-order valence-corrected chi connectivity index (χ2v) is 10.4. The minimum Gasteiger partial charge on any atom is -0.457 e. The molecular weight excluding hydrogens is 510 g/mol. The number of carbonyl (C=O) groups excluding carboxylic acids is 1. The number of nitrogens with zero attached hydrogens (tertiary/aromatic N) is 2. The second kappa shape index (κ2) is 12.3. The third-order valence-electron chi connectivity index (χ3n) is 5.21. The molecule has 1 amide bonds. The number of benzene rings is 4. The Bertz CT molecular complexity index is 1460. The number of carbonyl (C=O) groups is 1. The molecule has 9 heteroatoms. The lowest BCUT2D eigenvalue weighted by molar-refractivity contribution is -0.121. The molecule has 4 rings (SSSR count). The van der Waals surface area contributed by atoms with Gasteiger partial charge in [0.25, 0.3) is 5.91 Å². The Kier molecular flexibility index (Phi) is 8.68. The van der Waals surface area contributed by atoms with Crippen LogP contribution < -0.4 is 10.2 Å². The molecule has 37 heavy (non-hydrogen) atoms. The van der Waals surface area contributed by atoms with Crippen LogP contribution in [0.5, 0.6) is 11.5 Å². The van der Waals surface area contributed by atoms with E-state index in [1.165, 1.54) is 18.3 Å². The smallest absolute Gasteiger partial charge is 0.255 e. The minimum atomic E-state index is -3.95. The molecule has 4 aromatic carbocycles. The summed E-state index contributed by atoms with van der Waals surface area (Å²) in [5, 5.41) is 4.53. The van der Waals surface area contributed by atoms with Crippen molar-refractivity contribution in [2.24, 2.45) is 5.10 Å². The van der Waals surface area contributed by atoms with Crippen molar-refractivity contribution in [3.63, 3.8) is 0 Å². The molecule has 0 aliphatic rings.